The molecule has 2 aromatic carbocycles. The molecular weight excluding hydrogens is 304 g/mol. The predicted molar refractivity (Wildman–Crippen MR) is 96.7 cm³/mol. The molecule has 1 heterocycles. The fraction of sp³-hybridized carbons (Fsp3) is 0.316. The number of ether oxygens (including phenoxy) is 1. The maximum absolute atomic E-state index is 12.2. The Balaban J connectivity index is 1.95. The first-order valence-corrected chi connectivity index (χ1v) is 8.06. The summed E-state index contributed by atoms with van der Waals surface area (Å²) < 4.78 is 11.3. The van der Waals surface area contributed by atoms with Crippen molar-refractivity contribution in [3.05, 3.63) is 36.4 Å². The topological polar surface area (TPSA) is 63.5 Å². The lowest BCUT2D eigenvalue weighted by Crippen LogP contribution is -2.39. The van der Waals surface area contributed by atoms with E-state index in [0.29, 0.717) is 22.9 Å². The van der Waals surface area contributed by atoms with Gasteiger partial charge in [-0.2, -0.15) is 0 Å². The molecular formula is C19H22N2O3. The molecule has 0 saturated carbocycles. The highest BCUT2D eigenvalue weighted by molar-refractivity contribution is 6.07. The monoisotopic (exact) mass is 326 g/mol. The molecule has 0 spiro atoms. The van der Waals surface area contributed by atoms with Crippen LogP contribution < -0.4 is 15.4 Å². The number of nitrogens with one attached hydrogen (secondary N) is 2. The average Bonchev–Trinajstić information content (AvgIpc) is 2.91. The Labute approximate surface area is 141 Å². The van der Waals surface area contributed by atoms with Gasteiger partial charge in [-0.3, -0.25) is 0 Å². The number of benzene rings is 2. The maximum atomic E-state index is 12.2. The number of carbonyl (C=O) groups excluding carboxylic acids is 1. The van der Waals surface area contributed by atoms with Crippen molar-refractivity contribution in [2.45, 2.75) is 26.8 Å². The van der Waals surface area contributed by atoms with E-state index in [0.717, 1.165) is 16.4 Å². The molecule has 2 amide bonds. The van der Waals surface area contributed by atoms with Crippen LogP contribution >= 0.6 is 0 Å². The van der Waals surface area contributed by atoms with Crippen molar-refractivity contribution < 1.29 is 13.9 Å². The lowest BCUT2D eigenvalue weighted by Gasteiger charge is -2.18. The van der Waals surface area contributed by atoms with Gasteiger partial charge in [0, 0.05) is 22.9 Å². The minimum Gasteiger partial charge on any atom is -0.495 e. The van der Waals surface area contributed by atoms with Gasteiger partial charge in [0.1, 0.15) is 16.9 Å². The van der Waals surface area contributed by atoms with E-state index in [1.165, 1.54) is 0 Å². The molecule has 5 nitrogen and oxygen atoms in total. The maximum Gasteiger partial charge on any atom is 0.319 e. The highest BCUT2D eigenvalue weighted by Crippen LogP contribution is 2.36. The van der Waals surface area contributed by atoms with Crippen LogP contribution in [0.4, 0.5) is 10.5 Å². The molecule has 0 fully saturated rings. The Morgan fingerprint density at radius 1 is 1.08 bits per heavy atom. The van der Waals surface area contributed by atoms with Crippen LogP contribution in [0, 0.1) is 5.92 Å². The van der Waals surface area contributed by atoms with Crippen LogP contribution in [-0.4, -0.2) is 19.2 Å². The molecule has 24 heavy (non-hydrogen) atoms. The first kappa shape index (κ1) is 16.2. The van der Waals surface area contributed by atoms with E-state index in [1.54, 1.807) is 13.2 Å². The molecule has 0 aliphatic carbocycles. The lowest BCUT2D eigenvalue weighted by molar-refractivity contribution is 0.246. The summed E-state index contributed by atoms with van der Waals surface area (Å²) in [6.07, 6.45) is 0. The third-order valence-electron chi connectivity index (χ3n) is 4.31. The number of urea groups is 1. The second kappa shape index (κ2) is 6.43. The second-order valence-corrected chi connectivity index (χ2v) is 6.28. The van der Waals surface area contributed by atoms with Gasteiger partial charge in [0.15, 0.2) is 0 Å². The third-order valence-corrected chi connectivity index (χ3v) is 4.31. The van der Waals surface area contributed by atoms with Crippen LogP contribution in [0.5, 0.6) is 5.75 Å². The highest BCUT2D eigenvalue weighted by Gasteiger charge is 2.15. The number of anilines is 1. The van der Waals surface area contributed by atoms with Crippen LogP contribution in [0.2, 0.25) is 0 Å². The van der Waals surface area contributed by atoms with Crippen molar-refractivity contribution in [3.63, 3.8) is 0 Å². The van der Waals surface area contributed by atoms with Gasteiger partial charge in [-0.25, -0.2) is 4.79 Å². The summed E-state index contributed by atoms with van der Waals surface area (Å²) in [5, 5.41) is 7.75. The fourth-order valence-corrected chi connectivity index (χ4v) is 2.55. The fourth-order valence-electron chi connectivity index (χ4n) is 2.55. The molecule has 1 unspecified atom stereocenters. The Bertz CT molecular complexity index is 883. The summed E-state index contributed by atoms with van der Waals surface area (Å²) in [7, 11) is 1.59. The van der Waals surface area contributed by atoms with Gasteiger partial charge in [0.05, 0.1) is 12.8 Å². The summed E-state index contributed by atoms with van der Waals surface area (Å²) in [4.78, 5) is 12.2. The Morgan fingerprint density at radius 3 is 2.54 bits per heavy atom. The number of carbonyl (C=O) groups is 1. The van der Waals surface area contributed by atoms with Crippen LogP contribution in [0.25, 0.3) is 21.9 Å². The summed E-state index contributed by atoms with van der Waals surface area (Å²) in [6.45, 7) is 6.10. The van der Waals surface area contributed by atoms with E-state index in [4.69, 9.17) is 9.15 Å². The molecule has 1 atom stereocenters. The standard InChI is InChI=1S/C19H22N2O3/c1-11(2)12(3)20-19(22)21-15-10-17-14(9-18(15)23-4)13-7-5-6-8-16(13)24-17/h5-12H,1-4H3,(H2,20,21,22). The molecule has 0 saturated heterocycles. The van der Waals surface area contributed by atoms with Crippen LogP contribution in [0.15, 0.2) is 40.8 Å². The molecule has 3 aromatic rings. The molecule has 2 N–H and O–H groups in total. The van der Waals surface area contributed by atoms with Gasteiger partial charge in [0.2, 0.25) is 0 Å². The summed E-state index contributed by atoms with van der Waals surface area (Å²) in [5.41, 5.74) is 2.10. The van der Waals surface area contributed by atoms with E-state index in [2.05, 4.69) is 24.5 Å². The van der Waals surface area contributed by atoms with E-state index >= 15 is 0 Å². The zero-order chi connectivity index (χ0) is 17.3. The zero-order valence-electron chi connectivity index (χ0n) is 14.3. The minimum atomic E-state index is -0.259. The second-order valence-electron chi connectivity index (χ2n) is 6.28. The Morgan fingerprint density at radius 2 is 1.83 bits per heavy atom. The van der Waals surface area contributed by atoms with E-state index in [-0.39, 0.29) is 12.1 Å². The smallest absolute Gasteiger partial charge is 0.319 e. The molecule has 126 valence electrons. The lowest BCUT2D eigenvalue weighted by atomic mass is 10.1. The molecule has 0 radical (unpaired) electrons. The van der Waals surface area contributed by atoms with Crippen LogP contribution in [0.3, 0.4) is 0 Å². The predicted octanol–water partition coefficient (Wildman–Crippen LogP) is 4.76. The molecule has 0 aliphatic heterocycles. The normalized spacial score (nSPS) is 12.5. The van der Waals surface area contributed by atoms with Crippen LogP contribution in [0.1, 0.15) is 20.8 Å². The largest absolute Gasteiger partial charge is 0.495 e. The first-order chi connectivity index (χ1) is 11.5. The van der Waals surface area contributed by atoms with Crippen LogP contribution in [-0.2, 0) is 0 Å². The number of rotatable bonds is 4. The zero-order valence-corrected chi connectivity index (χ0v) is 14.3. The summed E-state index contributed by atoms with van der Waals surface area (Å²) >= 11 is 0. The summed E-state index contributed by atoms with van der Waals surface area (Å²) in [5.74, 6) is 0.955. The van der Waals surface area contributed by atoms with Gasteiger partial charge in [0.25, 0.3) is 0 Å². The van der Waals surface area contributed by atoms with Crippen molar-refractivity contribution >= 4 is 33.7 Å². The molecule has 3 rings (SSSR count). The van der Waals surface area contributed by atoms with E-state index in [9.17, 15) is 4.79 Å². The van der Waals surface area contributed by atoms with Crippen molar-refractivity contribution in [2.75, 3.05) is 12.4 Å². The Kier molecular flexibility index (Phi) is 4.34. The molecule has 0 aliphatic rings. The number of hydrogen-bond donors (Lipinski definition) is 2. The number of methoxy groups -OCH3 is 1. The SMILES string of the molecule is COc1cc2c(cc1NC(=O)NC(C)C(C)C)oc1ccccc12. The Hall–Kier alpha value is -2.69. The van der Waals surface area contributed by atoms with Crippen molar-refractivity contribution in [3.8, 4) is 5.75 Å². The van der Waals surface area contributed by atoms with Gasteiger partial charge in [-0.15, -0.1) is 0 Å². The van der Waals surface area contributed by atoms with Crippen molar-refractivity contribution in [1.82, 2.24) is 5.32 Å². The molecule has 5 heteroatoms. The van der Waals surface area contributed by atoms with Gasteiger partial charge in [-0.05, 0) is 25.0 Å². The van der Waals surface area contributed by atoms with Crippen molar-refractivity contribution in [1.29, 1.82) is 0 Å². The summed E-state index contributed by atoms with van der Waals surface area (Å²) in [6, 6.07) is 11.3. The number of para-hydroxylation sites is 1. The average molecular weight is 326 g/mol. The molecule has 1 aromatic heterocycles. The van der Waals surface area contributed by atoms with Gasteiger partial charge >= 0.3 is 6.03 Å². The van der Waals surface area contributed by atoms with E-state index in [1.807, 2.05) is 37.3 Å². The highest BCUT2D eigenvalue weighted by atomic mass is 16.5. The number of furan rings is 1. The van der Waals surface area contributed by atoms with Crippen molar-refractivity contribution in [2.24, 2.45) is 5.92 Å². The number of amides is 2. The van der Waals surface area contributed by atoms with Gasteiger partial charge < -0.3 is 19.8 Å². The molecule has 0 bridgehead atoms. The van der Waals surface area contributed by atoms with Gasteiger partial charge in [-0.1, -0.05) is 32.0 Å². The minimum absolute atomic E-state index is 0.0749. The number of fused-ring (bicyclic) bond motifs is 3. The first-order valence-electron chi connectivity index (χ1n) is 8.06. The quantitative estimate of drug-likeness (QED) is 0.726. The third kappa shape index (κ3) is 3.02. The number of hydrogen-bond acceptors (Lipinski definition) is 3. The van der Waals surface area contributed by atoms with E-state index < -0.39 is 0 Å².